The lowest BCUT2D eigenvalue weighted by molar-refractivity contribution is -0.138. The van der Waals surface area contributed by atoms with Gasteiger partial charge in [-0.25, -0.2) is 9.78 Å². The number of fused-ring (bicyclic) bond motifs is 1. The van der Waals surface area contributed by atoms with E-state index in [4.69, 9.17) is 16.3 Å². The van der Waals surface area contributed by atoms with E-state index in [-0.39, 0.29) is 17.8 Å². The summed E-state index contributed by atoms with van der Waals surface area (Å²) >= 11 is 6.24. The number of hydrogen-bond donors (Lipinski definition) is 3. The molecular weight excluding hydrogens is 545 g/mol. The first-order valence-corrected chi connectivity index (χ1v) is 13.0. The first-order valence-electron chi connectivity index (χ1n) is 12.7. The minimum absolute atomic E-state index is 0.0506. The van der Waals surface area contributed by atoms with Crippen molar-refractivity contribution in [3.8, 4) is 11.5 Å². The molecule has 0 radical (unpaired) electrons. The van der Waals surface area contributed by atoms with Gasteiger partial charge in [0.1, 0.15) is 17.1 Å². The molecule has 3 N–H and O–H groups in total. The van der Waals surface area contributed by atoms with Gasteiger partial charge in [0.15, 0.2) is 0 Å². The molecule has 0 unspecified atom stereocenters. The van der Waals surface area contributed by atoms with Crippen LogP contribution >= 0.6 is 11.6 Å². The highest BCUT2D eigenvalue weighted by molar-refractivity contribution is 6.36. The normalized spacial score (nSPS) is 14.8. The molecule has 1 fully saturated rings. The molecule has 0 spiro atoms. The molecule has 12 heteroatoms. The van der Waals surface area contributed by atoms with E-state index in [0.29, 0.717) is 51.9 Å². The van der Waals surface area contributed by atoms with Crippen LogP contribution in [0.1, 0.15) is 16.7 Å². The van der Waals surface area contributed by atoms with Crippen LogP contribution in [0.25, 0.3) is 11.0 Å². The number of hydrogen-bond acceptors (Lipinski definition) is 5. The highest BCUT2D eigenvalue weighted by atomic mass is 35.5. The lowest BCUT2D eigenvalue weighted by atomic mass is 10.0. The number of aromatic amines is 1. The molecule has 1 saturated heterocycles. The summed E-state index contributed by atoms with van der Waals surface area (Å²) in [6.07, 6.45) is -1.32. The van der Waals surface area contributed by atoms with Crippen LogP contribution in [0.15, 0.2) is 54.9 Å². The van der Waals surface area contributed by atoms with E-state index in [9.17, 15) is 18.0 Å². The highest BCUT2D eigenvalue weighted by Gasteiger charge is 2.34. The summed E-state index contributed by atoms with van der Waals surface area (Å²) in [7, 11) is 1.99. The first kappa shape index (κ1) is 27.8. The molecule has 3 heterocycles. The number of benzene rings is 2. The van der Waals surface area contributed by atoms with Crippen LogP contribution < -0.4 is 15.4 Å². The van der Waals surface area contributed by atoms with Gasteiger partial charge in [-0.2, -0.15) is 13.2 Å². The molecule has 2 aromatic carbocycles. The Morgan fingerprint density at radius 3 is 2.60 bits per heavy atom. The zero-order valence-corrected chi connectivity index (χ0v) is 22.7. The SMILES string of the molecule is Cc1cc(Oc2ccnc3[nH]cc(Cl)c23)ccc1NC(=O)Nc1ccc(CN2CCN(C)CC2)c(C(F)(F)F)c1. The Kier molecular flexibility index (Phi) is 7.88. The number of likely N-dealkylation sites (N-methyl/N-ethyl adjacent to an activating group) is 1. The van der Waals surface area contributed by atoms with Crippen LogP contribution in [0.5, 0.6) is 11.5 Å². The number of urea groups is 1. The van der Waals surface area contributed by atoms with Crippen LogP contribution in [0.2, 0.25) is 5.02 Å². The molecule has 5 rings (SSSR count). The number of carbonyl (C=O) groups excluding carboxylic acids is 1. The zero-order valence-electron chi connectivity index (χ0n) is 21.9. The van der Waals surface area contributed by atoms with Crippen LogP contribution in [-0.4, -0.2) is 59.0 Å². The fourth-order valence-corrected chi connectivity index (χ4v) is 4.86. The number of aromatic nitrogens is 2. The van der Waals surface area contributed by atoms with Crippen molar-refractivity contribution in [3.05, 3.63) is 76.6 Å². The van der Waals surface area contributed by atoms with E-state index in [2.05, 4.69) is 25.5 Å². The summed E-state index contributed by atoms with van der Waals surface area (Å²) in [5.74, 6) is 1.03. The van der Waals surface area contributed by atoms with Gasteiger partial charge in [-0.15, -0.1) is 0 Å². The number of aryl methyl sites for hydroxylation is 1. The molecule has 40 heavy (non-hydrogen) atoms. The maximum Gasteiger partial charge on any atom is 0.416 e. The molecule has 2 amide bonds. The Bertz CT molecular complexity index is 1530. The van der Waals surface area contributed by atoms with Crippen molar-refractivity contribution in [1.29, 1.82) is 0 Å². The number of nitrogens with one attached hydrogen (secondary N) is 3. The van der Waals surface area contributed by atoms with Gasteiger partial charge in [0.05, 0.1) is 16.0 Å². The standard InChI is InChI=1S/C28H28ClF3N6O2/c1-17-13-20(40-24-7-8-33-26-25(24)22(29)15-34-26)5-6-23(17)36-27(39)35-19-4-3-18(21(14-19)28(30,31)32)16-38-11-9-37(2)10-12-38/h3-8,13-15H,9-12,16H2,1-2H3,(H,33,34)(H2,35,36,39). The van der Waals surface area contributed by atoms with E-state index in [0.717, 1.165) is 19.2 Å². The summed E-state index contributed by atoms with van der Waals surface area (Å²) in [5.41, 5.74) is 1.24. The largest absolute Gasteiger partial charge is 0.456 e. The molecule has 0 aliphatic carbocycles. The number of carbonyl (C=O) groups is 1. The second-order valence-corrected chi connectivity index (χ2v) is 10.2. The number of rotatable bonds is 6. The van der Waals surface area contributed by atoms with Crippen molar-refractivity contribution in [3.63, 3.8) is 0 Å². The van der Waals surface area contributed by atoms with Gasteiger partial charge < -0.3 is 25.3 Å². The van der Waals surface area contributed by atoms with Crippen molar-refractivity contribution in [2.24, 2.45) is 0 Å². The van der Waals surface area contributed by atoms with Gasteiger partial charge in [0.2, 0.25) is 0 Å². The molecule has 1 aliphatic rings. The van der Waals surface area contributed by atoms with Crippen molar-refractivity contribution in [1.82, 2.24) is 19.8 Å². The van der Waals surface area contributed by atoms with Crippen LogP contribution in [-0.2, 0) is 12.7 Å². The number of piperazine rings is 1. The average Bonchev–Trinajstić information content (AvgIpc) is 3.29. The number of ether oxygens (including phenoxy) is 1. The van der Waals surface area contributed by atoms with E-state index in [1.165, 1.54) is 12.1 Å². The first-order chi connectivity index (χ1) is 19.1. The molecule has 0 atom stereocenters. The summed E-state index contributed by atoms with van der Waals surface area (Å²) in [4.78, 5) is 24.0. The van der Waals surface area contributed by atoms with Gasteiger partial charge in [-0.1, -0.05) is 17.7 Å². The van der Waals surface area contributed by atoms with E-state index in [1.54, 1.807) is 43.6 Å². The fourth-order valence-electron chi connectivity index (χ4n) is 4.63. The number of nitrogens with zero attached hydrogens (tertiary/aromatic N) is 3. The van der Waals surface area contributed by atoms with Gasteiger partial charge in [-0.3, -0.25) is 4.90 Å². The van der Waals surface area contributed by atoms with Crippen molar-refractivity contribution in [2.75, 3.05) is 43.9 Å². The Morgan fingerprint density at radius 1 is 1.10 bits per heavy atom. The van der Waals surface area contributed by atoms with Gasteiger partial charge in [-0.05, 0) is 61.5 Å². The number of amides is 2. The van der Waals surface area contributed by atoms with Crippen molar-refractivity contribution in [2.45, 2.75) is 19.6 Å². The number of H-pyrrole nitrogens is 1. The highest BCUT2D eigenvalue weighted by Crippen LogP contribution is 2.36. The molecule has 8 nitrogen and oxygen atoms in total. The van der Waals surface area contributed by atoms with Gasteiger partial charge in [0, 0.05) is 56.5 Å². The molecule has 2 aromatic heterocycles. The third-order valence-electron chi connectivity index (χ3n) is 6.82. The molecule has 0 bridgehead atoms. The fraction of sp³-hybridized carbons (Fsp3) is 0.286. The monoisotopic (exact) mass is 572 g/mol. The number of pyridine rings is 1. The van der Waals surface area contributed by atoms with Crippen molar-refractivity contribution < 1.29 is 22.7 Å². The smallest absolute Gasteiger partial charge is 0.416 e. The molecule has 1 aliphatic heterocycles. The third kappa shape index (κ3) is 6.33. The minimum Gasteiger partial charge on any atom is -0.456 e. The predicted molar refractivity (Wildman–Crippen MR) is 149 cm³/mol. The number of alkyl halides is 3. The number of anilines is 2. The van der Waals surface area contributed by atoms with Gasteiger partial charge >= 0.3 is 12.2 Å². The maximum atomic E-state index is 13.9. The molecule has 0 saturated carbocycles. The average molecular weight is 573 g/mol. The Hall–Kier alpha value is -3.80. The lowest BCUT2D eigenvalue weighted by Gasteiger charge is -2.33. The Morgan fingerprint density at radius 2 is 1.88 bits per heavy atom. The van der Waals surface area contributed by atoms with Crippen LogP contribution in [0.3, 0.4) is 0 Å². The summed E-state index contributed by atoms with van der Waals surface area (Å²) < 4.78 is 47.7. The van der Waals surface area contributed by atoms with E-state index < -0.39 is 17.8 Å². The van der Waals surface area contributed by atoms with E-state index >= 15 is 0 Å². The van der Waals surface area contributed by atoms with Crippen molar-refractivity contribution >= 4 is 40.0 Å². The topological polar surface area (TPSA) is 85.5 Å². The second-order valence-electron chi connectivity index (χ2n) is 9.78. The van der Waals surface area contributed by atoms with E-state index in [1.807, 2.05) is 11.9 Å². The third-order valence-corrected chi connectivity index (χ3v) is 7.12. The number of halogens is 4. The summed E-state index contributed by atoms with van der Waals surface area (Å²) in [6, 6.07) is 10.0. The summed E-state index contributed by atoms with van der Waals surface area (Å²) in [5, 5.41) is 6.34. The summed E-state index contributed by atoms with van der Waals surface area (Å²) in [6.45, 7) is 5.00. The Balaban J connectivity index is 1.26. The molecule has 4 aromatic rings. The van der Waals surface area contributed by atoms with Crippen LogP contribution in [0, 0.1) is 6.92 Å². The Labute approximate surface area is 234 Å². The minimum atomic E-state index is -4.55. The van der Waals surface area contributed by atoms with Crippen LogP contribution in [0.4, 0.5) is 29.3 Å². The van der Waals surface area contributed by atoms with Gasteiger partial charge in [0.25, 0.3) is 0 Å². The zero-order chi connectivity index (χ0) is 28.4. The lowest BCUT2D eigenvalue weighted by Crippen LogP contribution is -2.44. The predicted octanol–water partition coefficient (Wildman–Crippen LogP) is 6.73. The second kappa shape index (κ2) is 11.4. The molecular formula is C28H28ClF3N6O2. The quantitative estimate of drug-likeness (QED) is 0.239. The molecule has 210 valence electrons. The maximum absolute atomic E-state index is 13.9.